The van der Waals surface area contributed by atoms with Gasteiger partial charge in [0.25, 0.3) is 0 Å². The molecule has 0 radical (unpaired) electrons. The average Bonchev–Trinajstić information content (AvgIpc) is 2.82. The molecule has 1 fully saturated rings. The van der Waals surface area contributed by atoms with Gasteiger partial charge in [0.15, 0.2) is 5.13 Å². The number of rotatable bonds is 5. The van der Waals surface area contributed by atoms with Gasteiger partial charge in [-0.2, -0.15) is 0 Å². The first-order valence-corrected chi connectivity index (χ1v) is 8.54. The fraction of sp³-hybridized carbons (Fsp3) is 0.800. The number of hydrogen-bond donors (Lipinski definition) is 1. The highest BCUT2D eigenvalue weighted by Gasteiger charge is 2.25. The van der Waals surface area contributed by atoms with Crippen molar-refractivity contribution in [2.24, 2.45) is 0 Å². The molecule has 0 saturated carbocycles. The zero-order chi connectivity index (χ0) is 14.7. The van der Waals surface area contributed by atoms with Crippen LogP contribution in [-0.4, -0.2) is 49.2 Å². The van der Waals surface area contributed by atoms with Crippen molar-refractivity contribution in [3.63, 3.8) is 0 Å². The van der Waals surface area contributed by atoms with E-state index in [0.29, 0.717) is 12.1 Å². The lowest BCUT2D eigenvalue weighted by atomic mass is 10.1. The summed E-state index contributed by atoms with van der Waals surface area (Å²) in [7, 11) is 2.23. The van der Waals surface area contributed by atoms with Crippen LogP contribution in [0.25, 0.3) is 0 Å². The highest BCUT2D eigenvalue weighted by atomic mass is 32.1. The standard InChI is InChI=1S/C15H28N4S/c1-6-13-10-19(9-8-18(13)5)15-17-12(4)14(20-15)11(3)16-7-2/h11,13,16H,6-10H2,1-5H3. The smallest absolute Gasteiger partial charge is 0.185 e. The van der Waals surface area contributed by atoms with Gasteiger partial charge in [-0.3, -0.25) is 4.90 Å². The summed E-state index contributed by atoms with van der Waals surface area (Å²) in [4.78, 5) is 11.1. The number of likely N-dealkylation sites (N-methyl/N-ethyl adjacent to an activating group) is 1. The second kappa shape index (κ2) is 6.87. The van der Waals surface area contributed by atoms with Crippen molar-refractivity contribution in [2.75, 3.05) is 38.1 Å². The molecule has 1 aliphatic rings. The lowest BCUT2D eigenvalue weighted by Gasteiger charge is -2.39. The molecule has 2 unspecified atom stereocenters. The molecule has 2 atom stereocenters. The molecule has 1 aromatic heterocycles. The first kappa shape index (κ1) is 15.7. The van der Waals surface area contributed by atoms with E-state index >= 15 is 0 Å². The maximum Gasteiger partial charge on any atom is 0.185 e. The second-order valence-corrected chi connectivity index (χ2v) is 6.72. The third kappa shape index (κ3) is 3.32. The molecule has 2 heterocycles. The summed E-state index contributed by atoms with van der Waals surface area (Å²) in [5, 5.41) is 4.69. The Labute approximate surface area is 127 Å². The Kier molecular flexibility index (Phi) is 5.41. The van der Waals surface area contributed by atoms with Gasteiger partial charge in [0, 0.05) is 36.6 Å². The number of aromatic nitrogens is 1. The van der Waals surface area contributed by atoms with Gasteiger partial charge < -0.3 is 10.2 Å². The third-order valence-electron chi connectivity index (χ3n) is 4.24. The molecule has 114 valence electrons. The third-order valence-corrected chi connectivity index (χ3v) is 5.64. The van der Waals surface area contributed by atoms with E-state index in [-0.39, 0.29) is 0 Å². The molecule has 1 saturated heterocycles. The zero-order valence-electron chi connectivity index (χ0n) is 13.4. The van der Waals surface area contributed by atoms with Crippen LogP contribution < -0.4 is 10.2 Å². The number of piperazine rings is 1. The normalized spacial score (nSPS) is 22.2. The topological polar surface area (TPSA) is 31.4 Å². The molecule has 0 amide bonds. The summed E-state index contributed by atoms with van der Waals surface area (Å²) in [6.07, 6.45) is 1.21. The summed E-state index contributed by atoms with van der Waals surface area (Å²) in [6, 6.07) is 1.06. The van der Waals surface area contributed by atoms with Crippen molar-refractivity contribution in [1.82, 2.24) is 15.2 Å². The number of anilines is 1. The highest BCUT2D eigenvalue weighted by Crippen LogP contribution is 2.31. The predicted molar refractivity (Wildman–Crippen MR) is 87.9 cm³/mol. The molecular weight excluding hydrogens is 268 g/mol. The van der Waals surface area contributed by atoms with E-state index in [9.17, 15) is 0 Å². The number of nitrogens with one attached hydrogen (secondary N) is 1. The lowest BCUT2D eigenvalue weighted by Crippen LogP contribution is -2.51. The van der Waals surface area contributed by atoms with Gasteiger partial charge in [-0.15, -0.1) is 11.3 Å². The van der Waals surface area contributed by atoms with Gasteiger partial charge >= 0.3 is 0 Å². The van der Waals surface area contributed by atoms with Gasteiger partial charge in [0.1, 0.15) is 0 Å². The second-order valence-electron chi connectivity index (χ2n) is 5.71. The molecule has 0 aromatic carbocycles. The highest BCUT2D eigenvalue weighted by molar-refractivity contribution is 7.15. The molecule has 1 N–H and O–H groups in total. The molecule has 0 spiro atoms. The average molecular weight is 296 g/mol. The van der Waals surface area contributed by atoms with Crippen molar-refractivity contribution in [3.8, 4) is 0 Å². The predicted octanol–water partition coefficient (Wildman–Crippen LogP) is 2.65. The Bertz CT molecular complexity index is 432. The summed E-state index contributed by atoms with van der Waals surface area (Å²) in [5.41, 5.74) is 1.19. The summed E-state index contributed by atoms with van der Waals surface area (Å²) in [6.45, 7) is 13.1. The van der Waals surface area contributed by atoms with Crippen LogP contribution in [0.1, 0.15) is 43.8 Å². The van der Waals surface area contributed by atoms with E-state index in [1.165, 1.54) is 22.1 Å². The van der Waals surface area contributed by atoms with E-state index in [1.807, 2.05) is 11.3 Å². The van der Waals surface area contributed by atoms with Crippen molar-refractivity contribution in [3.05, 3.63) is 10.6 Å². The van der Waals surface area contributed by atoms with E-state index in [2.05, 4.69) is 49.9 Å². The fourth-order valence-electron chi connectivity index (χ4n) is 2.89. The summed E-state index contributed by atoms with van der Waals surface area (Å²) < 4.78 is 0. The van der Waals surface area contributed by atoms with E-state index in [0.717, 1.165) is 26.2 Å². The Balaban J connectivity index is 2.11. The first-order valence-electron chi connectivity index (χ1n) is 7.72. The molecule has 1 aliphatic heterocycles. The van der Waals surface area contributed by atoms with Gasteiger partial charge in [-0.25, -0.2) is 4.98 Å². The van der Waals surface area contributed by atoms with Crippen molar-refractivity contribution in [2.45, 2.75) is 46.2 Å². The molecule has 4 nitrogen and oxygen atoms in total. The molecule has 1 aromatic rings. The molecule has 0 aliphatic carbocycles. The van der Waals surface area contributed by atoms with E-state index < -0.39 is 0 Å². The quantitative estimate of drug-likeness (QED) is 0.905. The number of thiazole rings is 1. The van der Waals surface area contributed by atoms with Crippen LogP contribution in [0.2, 0.25) is 0 Å². The zero-order valence-corrected chi connectivity index (χ0v) is 14.3. The molecule has 0 bridgehead atoms. The van der Waals surface area contributed by atoms with Crippen LogP contribution >= 0.6 is 11.3 Å². The molecule has 2 rings (SSSR count). The SMILES string of the molecule is CCNC(C)c1sc(N2CCN(C)C(CC)C2)nc1C. The largest absolute Gasteiger partial charge is 0.345 e. The summed E-state index contributed by atoms with van der Waals surface area (Å²) in [5.74, 6) is 0. The van der Waals surface area contributed by atoms with Gasteiger partial charge in [0.2, 0.25) is 0 Å². The van der Waals surface area contributed by atoms with E-state index in [4.69, 9.17) is 4.98 Å². The van der Waals surface area contributed by atoms with Gasteiger partial charge in [-0.1, -0.05) is 13.8 Å². The minimum Gasteiger partial charge on any atom is -0.345 e. The van der Waals surface area contributed by atoms with Crippen molar-refractivity contribution >= 4 is 16.5 Å². The monoisotopic (exact) mass is 296 g/mol. The Hall–Kier alpha value is -0.650. The van der Waals surface area contributed by atoms with Gasteiger partial charge in [-0.05, 0) is 33.9 Å². The first-order chi connectivity index (χ1) is 9.56. The minimum atomic E-state index is 0.403. The van der Waals surface area contributed by atoms with Crippen LogP contribution in [0.5, 0.6) is 0 Å². The van der Waals surface area contributed by atoms with Crippen molar-refractivity contribution in [1.29, 1.82) is 0 Å². The Morgan fingerprint density at radius 2 is 2.15 bits per heavy atom. The van der Waals surface area contributed by atoms with Crippen molar-refractivity contribution < 1.29 is 0 Å². The number of aryl methyl sites for hydroxylation is 1. The summed E-state index contributed by atoms with van der Waals surface area (Å²) >= 11 is 1.86. The van der Waals surface area contributed by atoms with Crippen LogP contribution in [0, 0.1) is 6.92 Å². The maximum atomic E-state index is 4.82. The van der Waals surface area contributed by atoms with Gasteiger partial charge in [0.05, 0.1) is 5.69 Å². The number of nitrogens with zero attached hydrogens (tertiary/aromatic N) is 3. The fourth-order valence-corrected chi connectivity index (χ4v) is 4.02. The Morgan fingerprint density at radius 1 is 1.40 bits per heavy atom. The lowest BCUT2D eigenvalue weighted by molar-refractivity contribution is 0.213. The van der Waals surface area contributed by atoms with Crippen LogP contribution in [-0.2, 0) is 0 Å². The minimum absolute atomic E-state index is 0.403. The van der Waals surface area contributed by atoms with E-state index in [1.54, 1.807) is 0 Å². The molecule has 5 heteroatoms. The van der Waals surface area contributed by atoms with Crippen LogP contribution in [0.4, 0.5) is 5.13 Å². The maximum absolute atomic E-state index is 4.82. The van der Waals surface area contributed by atoms with Crippen LogP contribution in [0.15, 0.2) is 0 Å². The van der Waals surface area contributed by atoms with Crippen LogP contribution in [0.3, 0.4) is 0 Å². The number of hydrogen-bond acceptors (Lipinski definition) is 5. The molecular formula is C15H28N4S. The Morgan fingerprint density at radius 3 is 2.80 bits per heavy atom. The molecule has 20 heavy (non-hydrogen) atoms.